The standard InChI is InChI=1S/C14H17BrN4O/c1-8-13(16-3)17-9(2)18-14(8)19-11-7-10(15)5-6-12(11)20-4/h5-7H,1-4H3,(H2,16,17,18,19). The predicted molar refractivity (Wildman–Crippen MR) is 85.0 cm³/mol. The molecular formula is C14H17BrN4O. The van der Waals surface area contributed by atoms with Crippen molar-refractivity contribution >= 4 is 33.3 Å². The van der Waals surface area contributed by atoms with Gasteiger partial charge in [-0.25, -0.2) is 9.97 Å². The minimum Gasteiger partial charge on any atom is -0.495 e. The maximum absolute atomic E-state index is 5.36. The van der Waals surface area contributed by atoms with E-state index in [2.05, 4.69) is 36.5 Å². The lowest BCUT2D eigenvalue weighted by molar-refractivity contribution is 0.416. The molecule has 6 heteroatoms. The molecule has 0 saturated carbocycles. The number of anilines is 3. The molecule has 0 aliphatic carbocycles. The zero-order chi connectivity index (χ0) is 14.7. The molecule has 2 aromatic rings. The first-order valence-corrected chi connectivity index (χ1v) is 6.98. The smallest absolute Gasteiger partial charge is 0.142 e. The van der Waals surface area contributed by atoms with Crippen LogP contribution in [0.2, 0.25) is 0 Å². The first-order valence-electron chi connectivity index (χ1n) is 6.18. The number of hydrogen-bond acceptors (Lipinski definition) is 5. The summed E-state index contributed by atoms with van der Waals surface area (Å²) in [5.74, 6) is 3.04. The van der Waals surface area contributed by atoms with E-state index < -0.39 is 0 Å². The molecule has 0 spiro atoms. The predicted octanol–water partition coefficient (Wildman–Crippen LogP) is 3.65. The zero-order valence-electron chi connectivity index (χ0n) is 11.9. The molecule has 1 heterocycles. The molecule has 0 aliphatic rings. The third kappa shape index (κ3) is 3.01. The van der Waals surface area contributed by atoms with Crippen LogP contribution in [-0.4, -0.2) is 24.1 Å². The quantitative estimate of drug-likeness (QED) is 0.892. The molecule has 0 aliphatic heterocycles. The van der Waals surface area contributed by atoms with Crippen LogP contribution in [0, 0.1) is 13.8 Å². The van der Waals surface area contributed by atoms with Gasteiger partial charge in [0.25, 0.3) is 0 Å². The third-order valence-electron chi connectivity index (χ3n) is 2.91. The van der Waals surface area contributed by atoms with Crippen LogP contribution in [0.15, 0.2) is 22.7 Å². The molecule has 0 bridgehead atoms. The number of benzene rings is 1. The highest BCUT2D eigenvalue weighted by Gasteiger charge is 2.11. The van der Waals surface area contributed by atoms with E-state index in [1.54, 1.807) is 7.11 Å². The lowest BCUT2D eigenvalue weighted by Crippen LogP contribution is -2.05. The van der Waals surface area contributed by atoms with Crippen LogP contribution >= 0.6 is 15.9 Å². The Kier molecular flexibility index (Phi) is 4.44. The summed E-state index contributed by atoms with van der Waals surface area (Å²) in [6.07, 6.45) is 0. The summed E-state index contributed by atoms with van der Waals surface area (Å²) in [4.78, 5) is 8.80. The molecule has 0 radical (unpaired) electrons. The fourth-order valence-electron chi connectivity index (χ4n) is 1.90. The normalized spacial score (nSPS) is 10.2. The molecule has 0 saturated heterocycles. The number of nitrogens with one attached hydrogen (secondary N) is 2. The Balaban J connectivity index is 2.44. The van der Waals surface area contributed by atoms with Crippen LogP contribution < -0.4 is 15.4 Å². The molecule has 0 fully saturated rings. The van der Waals surface area contributed by atoms with Crippen LogP contribution in [0.3, 0.4) is 0 Å². The van der Waals surface area contributed by atoms with E-state index in [1.807, 2.05) is 39.1 Å². The average Bonchev–Trinajstić information content (AvgIpc) is 2.42. The largest absolute Gasteiger partial charge is 0.495 e. The van der Waals surface area contributed by atoms with Gasteiger partial charge < -0.3 is 15.4 Å². The van der Waals surface area contributed by atoms with Gasteiger partial charge in [-0.3, -0.25) is 0 Å². The summed E-state index contributed by atoms with van der Waals surface area (Å²) in [7, 11) is 3.49. The highest BCUT2D eigenvalue weighted by Crippen LogP contribution is 2.32. The van der Waals surface area contributed by atoms with Crippen molar-refractivity contribution in [2.45, 2.75) is 13.8 Å². The van der Waals surface area contributed by atoms with E-state index in [0.717, 1.165) is 33.1 Å². The van der Waals surface area contributed by atoms with Crippen LogP contribution in [0.25, 0.3) is 0 Å². The first-order chi connectivity index (χ1) is 9.55. The molecule has 20 heavy (non-hydrogen) atoms. The molecule has 106 valence electrons. The second kappa shape index (κ2) is 6.09. The fourth-order valence-corrected chi connectivity index (χ4v) is 2.26. The molecule has 2 N–H and O–H groups in total. The number of halogens is 1. The SMILES string of the molecule is CNc1nc(C)nc(Nc2cc(Br)ccc2OC)c1C. The van der Waals surface area contributed by atoms with Crippen molar-refractivity contribution in [3.8, 4) is 5.75 Å². The van der Waals surface area contributed by atoms with E-state index in [-0.39, 0.29) is 0 Å². The van der Waals surface area contributed by atoms with Crippen molar-refractivity contribution in [1.29, 1.82) is 0 Å². The highest BCUT2D eigenvalue weighted by atomic mass is 79.9. The van der Waals surface area contributed by atoms with Crippen molar-refractivity contribution in [2.24, 2.45) is 0 Å². The summed E-state index contributed by atoms with van der Waals surface area (Å²) >= 11 is 3.46. The number of aromatic nitrogens is 2. The molecule has 1 aromatic carbocycles. The highest BCUT2D eigenvalue weighted by molar-refractivity contribution is 9.10. The van der Waals surface area contributed by atoms with Gasteiger partial charge in [0.1, 0.15) is 23.2 Å². The van der Waals surface area contributed by atoms with Crippen molar-refractivity contribution in [2.75, 3.05) is 24.8 Å². The minimum atomic E-state index is 0.705. The van der Waals surface area contributed by atoms with E-state index in [1.165, 1.54) is 0 Å². The van der Waals surface area contributed by atoms with Gasteiger partial charge in [-0.05, 0) is 32.0 Å². The van der Waals surface area contributed by atoms with Gasteiger partial charge in [-0.1, -0.05) is 15.9 Å². The second-order valence-electron chi connectivity index (χ2n) is 4.31. The van der Waals surface area contributed by atoms with Gasteiger partial charge in [0.05, 0.1) is 12.8 Å². The lowest BCUT2D eigenvalue weighted by Gasteiger charge is -2.15. The summed E-state index contributed by atoms with van der Waals surface area (Å²) < 4.78 is 6.33. The summed E-state index contributed by atoms with van der Waals surface area (Å²) in [5, 5.41) is 6.37. The van der Waals surface area contributed by atoms with Crippen molar-refractivity contribution in [1.82, 2.24) is 9.97 Å². The monoisotopic (exact) mass is 336 g/mol. The summed E-state index contributed by atoms with van der Waals surface area (Å²) in [6, 6.07) is 5.78. The number of hydrogen-bond donors (Lipinski definition) is 2. The molecule has 1 aromatic heterocycles. The third-order valence-corrected chi connectivity index (χ3v) is 3.40. The maximum atomic E-state index is 5.36. The van der Waals surface area contributed by atoms with E-state index in [0.29, 0.717) is 5.82 Å². The van der Waals surface area contributed by atoms with E-state index in [4.69, 9.17) is 4.74 Å². The molecule has 5 nitrogen and oxygen atoms in total. The lowest BCUT2D eigenvalue weighted by atomic mass is 10.2. The van der Waals surface area contributed by atoms with Crippen molar-refractivity contribution in [3.05, 3.63) is 34.1 Å². The van der Waals surface area contributed by atoms with Gasteiger partial charge >= 0.3 is 0 Å². The van der Waals surface area contributed by atoms with Crippen LogP contribution in [0.4, 0.5) is 17.3 Å². The van der Waals surface area contributed by atoms with E-state index >= 15 is 0 Å². The molecule has 0 atom stereocenters. The Morgan fingerprint density at radius 3 is 2.50 bits per heavy atom. The van der Waals surface area contributed by atoms with Gasteiger partial charge in [0.2, 0.25) is 0 Å². The molecule has 0 unspecified atom stereocenters. The fraction of sp³-hybridized carbons (Fsp3) is 0.286. The number of nitrogens with zero attached hydrogens (tertiary/aromatic N) is 2. The van der Waals surface area contributed by atoms with Gasteiger partial charge in [0, 0.05) is 17.1 Å². The van der Waals surface area contributed by atoms with Gasteiger partial charge in [-0.2, -0.15) is 0 Å². The summed E-state index contributed by atoms with van der Waals surface area (Å²) in [5.41, 5.74) is 1.81. The molecule has 2 rings (SSSR count). The topological polar surface area (TPSA) is 59.1 Å². The number of ether oxygens (including phenoxy) is 1. The minimum absolute atomic E-state index is 0.705. The maximum Gasteiger partial charge on any atom is 0.142 e. The molecular weight excluding hydrogens is 320 g/mol. The van der Waals surface area contributed by atoms with E-state index in [9.17, 15) is 0 Å². The van der Waals surface area contributed by atoms with Crippen LogP contribution in [0.1, 0.15) is 11.4 Å². The van der Waals surface area contributed by atoms with Gasteiger partial charge in [-0.15, -0.1) is 0 Å². The van der Waals surface area contributed by atoms with Crippen LogP contribution in [0.5, 0.6) is 5.75 Å². The Bertz CT molecular complexity index is 631. The van der Waals surface area contributed by atoms with Crippen LogP contribution in [-0.2, 0) is 0 Å². The number of methoxy groups -OCH3 is 1. The van der Waals surface area contributed by atoms with Crippen molar-refractivity contribution < 1.29 is 4.74 Å². The Hall–Kier alpha value is -1.82. The number of aryl methyl sites for hydroxylation is 1. The Morgan fingerprint density at radius 1 is 1.15 bits per heavy atom. The van der Waals surface area contributed by atoms with Crippen molar-refractivity contribution in [3.63, 3.8) is 0 Å². The molecule has 0 amide bonds. The Morgan fingerprint density at radius 2 is 1.85 bits per heavy atom. The summed E-state index contributed by atoms with van der Waals surface area (Å²) in [6.45, 7) is 3.83. The average molecular weight is 337 g/mol. The van der Waals surface area contributed by atoms with Gasteiger partial charge in [0.15, 0.2) is 0 Å². The second-order valence-corrected chi connectivity index (χ2v) is 5.23. The number of rotatable bonds is 4. The first kappa shape index (κ1) is 14.6. The zero-order valence-corrected chi connectivity index (χ0v) is 13.5. The Labute approximate surface area is 126 Å².